The summed E-state index contributed by atoms with van der Waals surface area (Å²) in [7, 11) is 0. The smallest absolute Gasteiger partial charge is 0.105 e. The molecular formula is C14H23NO2. The normalized spacial score (nSPS) is 22.6. The minimum Gasteiger partial charge on any atom is -0.469 e. The van der Waals surface area contributed by atoms with Crippen molar-refractivity contribution in [2.24, 2.45) is 5.92 Å². The van der Waals surface area contributed by atoms with Gasteiger partial charge in [0, 0.05) is 24.1 Å². The molecule has 3 heteroatoms. The van der Waals surface area contributed by atoms with Crippen molar-refractivity contribution in [1.29, 1.82) is 0 Å². The van der Waals surface area contributed by atoms with Crippen LogP contribution in [0.25, 0.3) is 0 Å². The Morgan fingerprint density at radius 1 is 1.53 bits per heavy atom. The average molecular weight is 237 g/mol. The number of nitrogens with one attached hydrogen (secondary N) is 1. The molecule has 1 aromatic heterocycles. The van der Waals surface area contributed by atoms with Crippen molar-refractivity contribution in [3.05, 3.63) is 23.7 Å². The molecule has 1 aliphatic rings. The van der Waals surface area contributed by atoms with Crippen LogP contribution in [0.2, 0.25) is 0 Å². The van der Waals surface area contributed by atoms with E-state index in [-0.39, 0.29) is 0 Å². The predicted octanol–water partition coefficient (Wildman–Crippen LogP) is 3.06. The third-order valence-corrected chi connectivity index (χ3v) is 3.52. The summed E-state index contributed by atoms with van der Waals surface area (Å²) in [4.78, 5) is 0. The van der Waals surface area contributed by atoms with Gasteiger partial charge in [0.15, 0.2) is 0 Å². The zero-order valence-corrected chi connectivity index (χ0v) is 10.9. The highest BCUT2D eigenvalue weighted by atomic mass is 16.5. The SMILES string of the molecule is CCCNC(c1ccoc1C)C1CCCOC1. The molecule has 96 valence electrons. The monoisotopic (exact) mass is 237 g/mol. The van der Waals surface area contributed by atoms with E-state index >= 15 is 0 Å². The molecule has 1 N–H and O–H groups in total. The molecule has 0 saturated carbocycles. The van der Waals surface area contributed by atoms with Gasteiger partial charge in [0.2, 0.25) is 0 Å². The second-order valence-electron chi connectivity index (χ2n) is 4.84. The van der Waals surface area contributed by atoms with E-state index < -0.39 is 0 Å². The molecule has 0 aliphatic carbocycles. The van der Waals surface area contributed by atoms with E-state index in [2.05, 4.69) is 18.3 Å². The number of aryl methyl sites for hydroxylation is 1. The number of ether oxygens (including phenoxy) is 1. The van der Waals surface area contributed by atoms with E-state index in [0.29, 0.717) is 12.0 Å². The lowest BCUT2D eigenvalue weighted by Crippen LogP contribution is -2.34. The fraction of sp³-hybridized carbons (Fsp3) is 0.714. The average Bonchev–Trinajstić information content (AvgIpc) is 2.78. The zero-order chi connectivity index (χ0) is 12.1. The zero-order valence-electron chi connectivity index (χ0n) is 10.9. The summed E-state index contributed by atoms with van der Waals surface area (Å²) in [6.07, 6.45) is 5.35. The Morgan fingerprint density at radius 2 is 2.41 bits per heavy atom. The summed E-state index contributed by atoms with van der Waals surface area (Å²) in [5, 5.41) is 3.64. The molecule has 0 radical (unpaired) electrons. The minimum absolute atomic E-state index is 0.383. The van der Waals surface area contributed by atoms with E-state index in [4.69, 9.17) is 9.15 Å². The van der Waals surface area contributed by atoms with Crippen LogP contribution >= 0.6 is 0 Å². The lowest BCUT2D eigenvalue weighted by Gasteiger charge is -2.31. The number of hydrogen-bond acceptors (Lipinski definition) is 3. The van der Waals surface area contributed by atoms with Crippen LogP contribution in [0.15, 0.2) is 16.7 Å². The summed E-state index contributed by atoms with van der Waals surface area (Å²) in [6.45, 7) is 7.07. The molecule has 2 unspecified atom stereocenters. The first-order valence-electron chi connectivity index (χ1n) is 6.68. The van der Waals surface area contributed by atoms with Crippen molar-refractivity contribution in [1.82, 2.24) is 5.32 Å². The molecule has 1 fully saturated rings. The maximum Gasteiger partial charge on any atom is 0.105 e. The van der Waals surface area contributed by atoms with Crippen molar-refractivity contribution in [2.75, 3.05) is 19.8 Å². The van der Waals surface area contributed by atoms with Crippen LogP contribution in [0.1, 0.15) is 43.6 Å². The quantitative estimate of drug-likeness (QED) is 0.854. The number of hydrogen-bond donors (Lipinski definition) is 1. The highest BCUT2D eigenvalue weighted by Crippen LogP contribution is 2.31. The first kappa shape index (κ1) is 12.7. The molecule has 2 atom stereocenters. The molecule has 0 spiro atoms. The minimum atomic E-state index is 0.383. The van der Waals surface area contributed by atoms with Crippen molar-refractivity contribution < 1.29 is 9.15 Å². The van der Waals surface area contributed by atoms with Crippen LogP contribution in [0.3, 0.4) is 0 Å². The Kier molecular flexibility index (Phi) is 4.63. The maximum absolute atomic E-state index is 5.61. The van der Waals surface area contributed by atoms with Gasteiger partial charge in [-0.25, -0.2) is 0 Å². The van der Waals surface area contributed by atoms with Gasteiger partial charge in [-0.2, -0.15) is 0 Å². The Hall–Kier alpha value is -0.800. The summed E-state index contributed by atoms with van der Waals surface area (Å²) < 4.78 is 11.0. The largest absolute Gasteiger partial charge is 0.469 e. The topological polar surface area (TPSA) is 34.4 Å². The summed E-state index contributed by atoms with van der Waals surface area (Å²) >= 11 is 0. The van der Waals surface area contributed by atoms with E-state index in [1.165, 1.54) is 18.4 Å². The van der Waals surface area contributed by atoms with Crippen LogP contribution < -0.4 is 5.32 Å². The van der Waals surface area contributed by atoms with Crippen LogP contribution in [0.4, 0.5) is 0 Å². The molecule has 0 amide bonds. The van der Waals surface area contributed by atoms with Gasteiger partial charge in [-0.05, 0) is 38.8 Å². The van der Waals surface area contributed by atoms with Gasteiger partial charge in [-0.15, -0.1) is 0 Å². The lowest BCUT2D eigenvalue weighted by atomic mass is 9.89. The molecule has 17 heavy (non-hydrogen) atoms. The van der Waals surface area contributed by atoms with Gasteiger partial charge in [0.1, 0.15) is 5.76 Å². The fourth-order valence-electron chi connectivity index (χ4n) is 2.58. The van der Waals surface area contributed by atoms with Crippen LogP contribution in [-0.2, 0) is 4.74 Å². The van der Waals surface area contributed by atoms with Crippen molar-refractivity contribution in [2.45, 2.75) is 39.2 Å². The standard InChI is InChI=1S/C14H23NO2/c1-3-7-15-14(12-5-4-8-16-10-12)13-6-9-17-11(13)2/h6,9,12,14-15H,3-5,7-8,10H2,1-2H3. The van der Waals surface area contributed by atoms with Crippen molar-refractivity contribution in [3.8, 4) is 0 Å². The second-order valence-corrected chi connectivity index (χ2v) is 4.84. The van der Waals surface area contributed by atoms with Crippen LogP contribution in [0, 0.1) is 12.8 Å². The molecule has 1 aliphatic heterocycles. The van der Waals surface area contributed by atoms with Gasteiger partial charge >= 0.3 is 0 Å². The molecule has 1 aromatic rings. The third-order valence-electron chi connectivity index (χ3n) is 3.52. The Morgan fingerprint density at radius 3 is 3.00 bits per heavy atom. The Labute approximate surface area is 104 Å². The molecule has 0 bridgehead atoms. The highest BCUT2D eigenvalue weighted by Gasteiger charge is 2.27. The van der Waals surface area contributed by atoms with E-state index in [1.54, 1.807) is 6.26 Å². The molecule has 1 saturated heterocycles. The lowest BCUT2D eigenvalue weighted by molar-refractivity contribution is 0.0388. The van der Waals surface area contributed by atoms with Gasteiger partial charge in [0.05, 0.1) is 12.9 Å². The van der Waals surface area contributed by atoms with Gasteiger partial charge < -0.3 is 14.5 Å². The molecular weight excluding hydrogens is 214 g/mol. The predicted molar refractivity (Wildman–Crippen MR) is 68.0 cm³/mol. The number of rotatable bonds is 5. The molecule has 2 rings (SSSR count). The van der Waals surface area contributed by atoms with E-state index in [0.717, 1.165) is 31.9 Å². The third kappa shape index (κ3) is 3.11. The van der Waals surface area contributed by atoms with Gasteiger partial charge in [0.25, 0.3) is 0 Å². The first-order chi connectivity index (χ1) is 8.33. The van der Waals surface area contributed by atoms with Gasteiger partial charge in [-0.3, -0.25) is 0 Å². The van der Waals surface area contributed by atoms with Crippen molar-refractivity contribution in [3.63, 3.8) is 0 Å². The number of furan rings is 1. The fourth-order valence-corrected chi connectivity index (χ4v) is 2.58. The summed E-state index contributed by atoms with van der Waals surface area (Å²) in [5.74, 6) is 1.61. The van der Waals surface area contributed by atoms with Crippen LogP contribution in [0.5, 0.6) is 0 Å². The van der Waals surface area contributed by atoms with E-state index in [1.807, 2.05) is 6.92 Å². The maximum atomic E-state index is 5.61. The van der Waals surface area contributed by atoms with Crippen molar-refractivity contribution >= 4 is 0 Å². The summed E-state index contributed by atoms with van der Waals surface area (Å²) in [6, 6.07) is 2.48. The molecule has 2 heterocycles. The Balaban J connectivity index is 2.09. The summed E-state index contributed by atoms with van der Waals surface area (Å²) in [5.41, 5.74) is 1.30. The van der Waals surface area contributed by atoms with Crippen LogP contribution in [-0.4, -0.2) is 19.8 Å². The molecule has 0 aromatic carbocycles. The second kappa shape index (κ2) is 6.22. The Bertz CT molecular complexity index is 329. The van der Waals surface area contributed by atoms with E-state index in [9.17, 15) is 0 Å². The highest BCUT2D eigenvalue weighted by molar-refractivity contribution is 5.21. The first-order valence-corrected chi connectivity index (χ1v) is 6.68. The van der Waals surface area contributed by atoms with Gasteiger partial charge in [-0.1, -0.05) is 6.92 Å². The molecule has 3 nitrogen and oxygen atoms in total.